The van der Waals surface area contributed by atoms with Crippen LogP contribution in [0, 0.1) is 13.8 Å². The van der Waals surface area contributed by atoms with Gasteiger partial charge in [-0.05, 0) is 0 Å². The second-order valence-corrected chi connectivity index (χ2v) is 24.0. The maximum absolute atomic E-state index is 6.71. The summed E-state index contributed by atoms with van der Waals surface area (Å²) in [4.78, 5) is 0. The summed E-state index contributed by atoms with van der Waals surface area (Å²) in [5.41, 5.74) is 14.2. The van der Waals surface area contributed by atoms with Crippen LogP contribution in [-0.2, 0) is 38.2 Å². The summed E-state index contributed by atoms with van der Waals surface area (Å²) in [6.45, 7) is 18.8. The summed E-state index contributed by atoms with van der Waals surface area (Å²) in [6.07, 6.45) is 9.04. The van der Waals surface area contributed by atoms with E-state index in [1.807, 2.05) is 12.1 Å². The van der Waals surface area contributed by atoms with Crippen LogP contribution in [0.1, 0.15) is 92.5 Å². The van der Waals surface area contributed by atoms with Gasteiger partial charge in [-0.2, -0.15) is 0 Å². The number of allylic oxidation sites excluding steroid dienone is 4. The van der Waals surface area contributed by atoms with Crippen molar-refractivity contribution in [2.45, 2.75) is 79.1 Å². The Morgan fingerprint density at radius 3 is 1.78 bits per heavy atom. The van der Waals surface area contributed by atoms with Gasteiger partial charge in [0.05, 0.1) is 0 Å². The Morgan fingerprint density at radius 1 is 0.717 bits per heavy atom. The van der Waals surface area contributed by atoms with Gasteiger partial charge in [0.15, 0.2) is 0 Å². The molecule has 6 rings (SSSR count). The van der Waals surface area contributed by atoms with E-state index in [0.29, 0.717) is 0 Å². The third-order valence-corrected chi connectivity index (χ3v) is 21.4. The van der Waals surface area contributed by atoms with Crippen molar-refractivity contribution in [3.05, 3.63) is 143 Å². The van der Waals surface area contributed by atoms with E-state index in [2.05, 4.69) is 128 Å². The third-order valence-electron chi connectivity index (χ3n) is 9.24. The minimum Gasteiger partial charge on any atom is -0.147 e. The predicted octanol–water partition coefficient (Wildman–Crippen LogP) is 12.0. The number of fused-ring (bicyclic) bond motifs is 3. The summed E-state index contributed by atoms with van der Waals surface area (Å²) in [5.74, 6) is 0. The molecule has 0 saturated carbocycles. The van der Waals surface area contributed by atoms with Crippen LogP contribution < -0.4 is 3.32 Å². The van der Waals surface area contributed by atoms with E-state index in [4.69, 9.17) is 23.2 Å². The minimum atomic E-state index is -3.13. The first-order valence-corrected chi connectivity index (χ1v) is 21.8. The Hall–Kier alpha value is -1.74. The second-order valence-electron chi connectivity index (χ2n) is 14.5. The molecule has 4 aromatic carbocycles. The molecule has 0 nitrogen and oxygen atoms in total. The molecule has 0 unspecified atom stereocenters. The minimum absolute atomic E-state index is 0. The average molecular weight is 857 g/mol. The third kappa shape index (κ3) is 7.02. The quantitative estimate of drug-likeness (QED) is 0.158. The summed E-state index contributed by atoms with van der Waals surface area (Å²) in [6, 6.07) is 24.6. The molecule has 0 amide bonds. The van der Waals surface area contributed by atoms with Gasteiger partial charge >= 0.3 is 284 Å². The van der Waals surface area contributed by atoms with Crippen molar-refractivity contribution < 1.29 is 21.0 Å². The molecular formula is C41H44Cl4Hf. The normalized spacial score (nSPS) is 13.4. The molecule has 0 fully saturated rings. The van der Waals surface area contributed by atoms with Crippen molar-refractivity contribution in [1.29, 1.82) is 0 Å². The molecule has 0 bridgehead atoms. The number of aryl methyl sites for hydroxylation is 1. The van der Waals surface area contributed by atoms with Crippen molar-refractivity contribution in [3.8, 4) is 11.1 Å². The molecule has 0 heterocycles. The van der Waals surface area contributed by atoms with E-state index in [1.54, 1.807) is 12.2 Å². The Labute approximate surface area is 306 Å². The van der Waals surface area contributed by atoms with Crippen LogP contribution in [0.3, 0.4) is 0 Å². The van der Waals surface area contributed by atoms with Gasteiger partial charge in [-0.25, -0.2) is 0 Å². The van der Waals surface area contributed by atoms with Gasteiger partial charge < -0.3 is 0 Å². The average Bonchev–Trinajstić information content (AvgIpc) is 3.58. The van der Waals surface area contributed by atoms with E-state index in [1.165, 1.54) is 53.3 Å². The molecule has 2 aliphatic carbocycles. The van der Waals surface area contributed by atoms with Crippen LogP contribution in [0.5, 0.6) is 0 Å². The van der Waals surface area contributed by atoms with Gasteiger partial charge in [0, 0.05) is 0 Å². The first-order chi connectivity index (χ1) is 20.7. The predicted molar refractivity (Wildman–Crippen MR) is 204 cm³/mol. The van der Waals surface area contributed by atoms with Gasteiger partial charge in [-0.3, -0.25) is 0 Å². The SMILES string of the molecule is Cc1cc2c(cc1C(C)(C)C)-c1cc(C(C)(C)C)c(C)[c]([Hf]([C]3=CC=CC3)=[C](c3cccc(Cl)c3)c3cccc(Cl)c3)c1C2.Cl.Cl. The molecule has 2 aliphatic rings. The first-order valence-electron chi connectivity index (χ1n) is 15.7. The van der Waals surface area contributed by atoms with E-state index in [-0.39, 0.29) is 35.6 Å². The molecule has 0 aliphatic heterocycles. The van der Waals surface area contributed by atoms with Gasteiger partial charge in [0.1, 0.15) is 0 Å². The summed E-state index contributed by atoms with van der Waals surface area (Å²) in [7, 11) is 0. The van der Waals surface area contributed by atoms with Crippen LogP contribution >= 0.6 is 48.0 Å². The largest absolute Gasteiger partial charge is 0.147 e. The van der Waals surface area contributed by atoms with Crippen LogP contribution in [0.15, 0.2) is 88.3 Å². The molecule has 4 aromatic rings. The zero-order chi connectivity index (χ0) is 31.6. The number of hydrogen-bond acceptors (Lipinski definition) is 0. The van der Waals surface area contributed by atoms with Crippen molar-refractivity contribution in [2.24, 2.45) is 0 Å². The van der Waals surface area contributed by atoms with Crippen LogP contribution in [0.25, 0.3) is 11.1 Å². The fraction of sp³-hybridized carbons (Fsp3) is 0.293. The molecule has 0 saturated heterocycles. The first kappa shape index (κ1) is 37.1. The Kier molecular flexibility index (Phi) is 11.3. The van der Waals surface area contributed by atoms with Crippen molar-refractivity contribution in [2.75, 3.05) is 0 Å². The maximum atomic E-state index is 6.71. The fourth-order valence-electron chi connectivity index (χ4n) is 7.36. The van der Waals surface area contributed by atoms with Gasteiger partial charge in [0.25, 0.3) is 0 Å². The van der Waals surface area contributed by atoms with Gasteiger partial charge in [0.2, 0.25) is 0 Å². The molecule has 0 N–H and O–H groups in total. The Bertz CT molecular complexity index is 1860. The van der Waals surface area contributed by atoms with Crippen molar-refractivity contribution in [3.63, 3.8) is 0 Å². The zero-order valence-electron chi connectivity index (χ0n) is 28.1. The number of hydrogen-bond donors (Lipinski definition) is 0. The van der Waals surface area contributed by atoms with Crippen molar-refractivity contribution >= 4 is 54.6 Å². The number of rotatable bonds is 4. The van der Waals surface area contributed by atoms with Crippen LogP contribution in [0.4, 0.5) is 0 Å². The van der Waals surface area contributed by atoms with E-state index >= 15 is 0 Å². The summed E-state index contributed by atoms with van der Waals surface area (Å²) >= 11 is 10.3. The molecule has 5 heteroatoms. The van der Waals surface area contributed by atoms with E-state index in [0.717, 1.165) is 22.9 Å². The molecule has 0 aromatic heterocycles. The maximum Gasteiger partial charge on any atom is -0.147 e. The second kappa shape index (κ2) is 14.0. The van der Waals surface area contributed by atoms with E-state index in [9.17, 15) is 0 Å². The molecule has 0 atom stereocenters. The van der Waals surface area contributed by atoms with Gasteiger partial charge in [-0.15, -0.1) is 24.8 Å². The topological polar surface area (TPSA) is 0 Å². The van der Waals surface area contributed by atoms with Crippen LogP contribution in [-0.4, -0.2) is 3.26 Å². The molecule has 240 valence electrons. The zero-order valence-corrected chi connectivity index (χ0v) is 34.8. The number of benzene rings is 4. The molecule has 0 spiro atoms. The molecule has 0 radical (unpaired) electrons. The molecular weight excluding hydrogens is 813 g/mol. The summed E-state index contributed by atoms with van der Waals surface area (Å²) in [5, 5.41) is 1.54. The Morgan fingerprint density at radius 2 is 1.28 bits per heavy atom. The Balaban J connectivity index is 0.00000240. The smallest absolute Gasteiger partial charge is 0.147 e. The van der Waals surface area contributed by atoms with Crippen LogP contribution in [0.2, 0.25) is 10.0 Å². The molecule has 46 heavy (non-hydrogen) atoms. The van der Waals surface area contributed by atoms with Gasteiger partial charge in [-0.1, -0.05) is 0 Å². The standard InChI is InChI=1S/C23H29.C13H8Cl2.C5H5.2ClH.Hf/c1-14-9-16-11-17-10-15(2)21(23(6,7)8)13-19(17)18(16)12-20(14)22(3,4)5;14-12-5-1-3-10(8-12)7-11-4-2-6-13(15)9-11;1-2-4-5-3-1;;;/h9,12-13H,11H2,1-8H3;1-6,8-9H;1-3H,4H2;2*1H;. The number of halogens is 4. The monoisotopic (exact) mass is 856 g/mol. The fourth-order valence-corrected chi connectivity index (χ4v) is 20.0. The van der Waals surface area contributed by atoms with Crippen molar-refractivity contribution in [1.82, 2.24) is 0 Å². The van der Waals surface area contributed by atoms with E-state index < -0.39 is 21.0 Å². The summed E-state index contributed by atoms with van der Waals surface area (Å²) < 4.78 is 4.73.